The fourth-order valence-corrected chi connectivity index (χ4v) is 2.85. The predicted molar refractivity (Wildman–Crippen MR) is 61.2 cm³/mol. The number of nitrogens with one attached hydrogen (secondary N) is 1. The number of hydrogen-bond acceptors (Lipinski definition) is 3. The lowest BCUT2D eigenvalue weighted by Crippen LogP contribution is -2.32. The highest BCUT2D eigenvalue weighted by molar-refractivity contribution is 7.89. The molecule has 0 saturated heterocycles. The third-order valence-corrected chi connectivity index (χ3v) is 3.89. The van der Waals surface area contributed by atoms with E-state index in [-0.39, 0.29) is 17.4 Å². The number of hydrogen-bond donors (Lipinski definition) is 1. The van der Waals surface area contributed by atoms with Crippen molar-refractivity contribution in [3.8, 4) is 6.07 Å². The molecule has 1 atom stereocenters. The Bertz CT molecular complexity index is 503. The summed E-state index contributed by atoms with van der Waals surface area (Å²) >= 11 is 0. The maximum Gasteiger partial charge on any atom is 0.241 e. The van der Waals surface area contributed by atoms with E-state index < -0.39 is 10.0 Å². The molecule has 0 aromatic heterocycles. The Morgan fingerprint density at radius 1 is 1.44 bits per heavy atom. The molecule has 86 valence electrons. The Morgan fingerprint density at radius 3 is 2.62 bits per heavy atom. The molecule has 0 bridgehead atoms. The third-order valence-electron chi connectivity index (χ3n) is 2.14. The van der Waals surface area contributed by atoms with Gasteiger partial charge in [-0.2, -0.15) is 5.26 Å². The summed E-state index contributed by atoms with van der Waals surface area (Å²) in [7, 11) is -3.51. The van der Waals surface area contributed by atoms with Crippen molar-refractivity contribution < 1.29 is 8.42 Å². The highest BCUT2D eigenvalue weighted by Gasteiger charge is 2.18. The summed E-state index contributed by atoms with van der Waals surface area (Å²) in [5, 5.41) is 8.47. The van der Waals surface area contributed by atoms with Gasteiger partial charge >= 0.3 is 0 Å². The van der Waals surface area contributed by atoms with E-state index in [9.17, 15) is 8.42 Å². The smallest absolute Gasteiger partial charge is 0.207 e. The van der Waals surface area contributed by atoms with Crippen molar-refractivity contribution in [2.45, 2.75) is 31.2 Å². The maximum atomic E-state index is 11.9. The number of nitriles is 1. The van der Waals surface area contributed by atoms with Gasteiger partial charge in [0.1, 0.15) is 0 Å². The average molecular weight is 238 g/mol. The van der Waals surface area contributed by atoms with Crippen molar-refractivity contribution in [1.29, 1.82) is 5.26 Å². The highest BCUT2D eigenvalue weighted by Crippen LogP contribution is 2.14. The van der Waals surface area contributed by atoms with Gasteiger partial charge in [-0.1, -0.05) is 18.2 Å². The molecule has 0 aliphatic carbocycles. The summed E-state index contributed by atoms with van der Waals surface area (Å²) in [5.41, 5.74) is 0.694. The summed E-state index contributed by atoms with van der Waals surface area (Å²) in [4.78, 5) is 0.264. The van der Waals surface area contributed by atoms with Crippen molar-refractivity contribution in [1.82, 2.24) is 4.72 Å². The standard InChI is InChI=1S/C11H14N2O2S/c1-9-5-3-4-6-11(9)16(14,15)13-10(2)7-8-12/h3-6,10,13H,7H2,1-2H3. The monoisotopic (exact) mass is 238 g/mol. The van der Waals surface area contributed by atoms with Gasteiger partial charge in [0, 0.05) is 6.04 Å². The van der Waals surface area contributed by atoms with Gasteiger partial charge in [0.15, 0.2) is 0 Å². The lowest BCUT2D eigenvalue weighted by atomic mass is 10.2. The van der Waals surface area contributed by atoms with Crippen LogP contribution in [0.2, 0.25) is 0 Å². The van der Waals surface area contributed by atoms with Crippen LogP contribution in [-0.4, -0.2) is 14.5 Å². The van der Waals surface area contributed by atoms with Gasteiger partial charge < -0.3 is 0 Å². The van der Waals surface area contributed by atoms with Gasteiger partial charge in [0.25, 0.3) is 0 Å². The predicted octanol–water partition coefficient (Wildman–Crippen LogP) is 1.58. The first kappa shape index (κ1) is 12.7. The molecule has 1 aromatic carbocycles. The van der Waals surface area contributed by atoms with E-state index >= 15 is 0 Å². The van der Waals surface area contributed by atoms with Gasteiger partial charge in [0.05, 0.1) is 17.4 Å². The second-order valence-electron chi connectivity index (χ2n) is 3.65. The van der Waals surface area contributed by atoms with Gasteiger partial charge in [-0.15, -0.1) is 0 Å². The average Bonchev–Trinajstić information content (AvgIpc) is 2.17. The molecule has 0 heterocycles. The molecule has 1 unspecified atom stereocenters. The van der Waals surface area contributed by atoms with Crippen LogP contribution in [0.5, 0.6) is 0 Å². The molecule has 5 heteroatoms. The van der Waals surface area contributed by atoms with E-state index in [0.717, 1.165) is 0 Å². The second-order valence-corrected chi connectivity index (χ2v) is 5.33. The van der Waals surface area contributed by atoms with Crippen LogP contribution in [0, 0.1) is 18.3 Å². The largest absolute Gasteiger partial charge is 0.241 e. The molecular weight excluding hydrogens is 224 g/mol. The Kier molecular flexibility index (Phi) is 4.05. The zero-order valence-corrected chi connectivity index (χ0v) is 10.1. The van der Waals surface area contributed by atoms with E-state index in [0.29, 0.717) is 5.56 Å². The molecule has 0 amide bonds. The summed E-state index contributed by atoms with van der Waals surface area (Å²) in [6.07, 6.45) is 0.158. The first-order valence-electron chi connectivity index (χ1n) is 4.92. The van der Waals surface area contributed by atoms with Gasteiger partial charge in [-0.05, 0) is 25.5 Å². The van der Waals surface area contributed by atoms with Crippen molar-refractivity contribution in [2.24, 2.45) is 0 Å². The summed E-state index contributed by atoms with van der Waals surface area (Å²) in [6, 6.07) is 8.30. The van der Waals surface area contributed by atoms with Crippen LogP contribution in [0.3, 0.4) is 0 Å². The topological polar surface area (TPSA) is 70.0 Å². The van der Waals surface area contributed by atoms with Gasteiger partial charge in [0.2, 0.25) is 10.0 Å². The first-order chi connectivity index (χ1) is 7.47. The Labute approximate surface area is 96.0 Å². The molecule has 0 aliphatic rings. The molecule has 0 fully saturated rings. The van der Waals surface area contributed by atoms with Crippen molar-refractivity contribution >= 4 is 10.0 Å². The van der Waals surface area contributed by atoms with E-state index in [1.807, 2.05) is 6.07 Å². The highest BCUT2D eigenvalue weighted by atomic mass is 32.2. The van der Waals surface area contributed by atoms with E-state index in [1.54, 1.807) is 38.1 Å². The molecule has 0 radical (unpaired) electrons. The second kappa shape index (κ2) is 5.10. The molecule has 1 rings (SSSR count). The van der Waals surface area contributed by atoms with Crippen molar-refractivity contribution in [3.63, 3.8) is 0 Å². The van der Waals surface area contributed by atoms with E-state index in [4.69, 9.17) is 5.26 Å². The number of rotatable bonds is 4. The minimum Gasteiger partial charge on any atom is -0.207 e. The zero-order valence-electron chi connectivity index (χ0n) is 9.27. The Balaban J connectivity index is 2.96. The quantitative estimate of drug-likeness (QED) is 0.865. The number of benzene rings is 1. The Hall–Kier alpha value is -1.38. The number of nitrogens with zero attached hydrogens (tertiary/aromatic N) is 1. The zero-order chi connectivity index (χ0) is 12.2. The van der Waals surface area contributed by atoms with Gasteiger partial charge in [-0.3, -0.25) is 0 Å². The van der Waals surface area contributed by atoms with E-state index in [2.05, 4.69) is 4.72 Å². The molecule has 0 saturated carbocycles. The minimum absolute atomic E-state index is 0.158. The lowest BCUT2D eigenvalue weighted by Gasteiger charge is -2.12. The fraction of sp³-hybridized carbons (Fsp3) is 0.364. The third kappa shape index (κ3) is 3.05. The van der Waals surface area contributed by atoms with Crippen LogP contribution < -0.4 is 4.72 Å². The number of aryl methyl sites for hydroxylation is 1. The SMILES string of the molecule is Cc1ccccc1S(=O)(=O)NC(C)CC#N. The first-order valence-corrected chi connectivity index (χ1v) is 6.40. The van der Waals surface area contributed by atoms with E-state index in [1.165, 1.54) is 0 Å². The molecule has 1 N–H and O–H groups in total. The van der Waals surface area contributed by atoms with Crippen LogP contribution in [0.4, 0.5) is 0 Å². The minimum atomic E-state index is -3.51. The lowest BCUT2D eigenvalue weighted by molar-refractivity contribution is 0.562. The molecule has 0 aliphatic heterocycles. The normalized spacial score (nSPS) is 13.1. The summed E-state index contributed by atoms with van der Waals surface area (Å²) in [5.74, 6) is 0. The maximum absolute atomic E-state index is 11.9. The summed E-state index contributed by atoms with van der Waals surface area (Å²) in [6.45, 7) is 3.41. The molecule has 16 heavy (non-hydrogen) atoms. The van der Waals surface area contributed by atoms with Crippen molar-refractivity contribution in [3.05, 3.63) is 29.8 Å². The van der Waals surface area contributed by atoms with Crippen molar-refractivity contribution in [2.75, 3.05) is 0 Å². The van der Waals surface area contributed by atoms with Crippen LogP contribution >= 0.6 is 0 Å². The molecule has 4 nitrogen and oxygen atoms in total. The molecular formula is C11H14N2O2S. The Morgan fingerprint density at radius 2 is 2.06 bits per heavy atom. The van der Waals surface area contributed by atoms with Crippen LogP contribution in [-0.2, 0) is 10.0 Å². The molecule has 0 spiro atoms. The molecule has 1 aromatic rings. The van der Waals surface area contributed by atoms with Gasteiger partial charge in [-0.25, -0.2) is 13.1 Å². The number of sulfonamides is 1. The fourth-order valence-electron chi connectivity index (χ4n) is 1.36. The summed E-state index contributed by atoms with van der Waals surface area (Å²) < 4.78 is 26.3. The van der Waals surface area contributed by atoms with Crippen LogP contribution in [0.25, 0.3) is 0 Å². The van der Waals surface area contributed by atoms with Crippen LogP contribution in [0.1, 0.15) is 18.9 Å². The van der Waals surface area contributed by atoms with Crippen LogP contribution in [0.15, 0.2) is 29.2 Å².